The molecule has 1 amide bonds. The molecule has 0 bridgehead atoms. The minimum Gasteiger partial charge on any atom is -0.495 e. The van der Waals surface area contributed by atoms with E-state index in [-0.39, 0.29) is 15.5 Å². The number of rotatable bonds is 6. The van der Waals surface area contributed by atoms with E-state index in [1.807, 2.05) is 0 Å². The Hall–Kier alpha value is -3.43. The van der Waals surface area contributed by atoms with E-state index in [0.29, 0.717) is 11.4 Å². The summed E-state index contributed by atoms with van der Waals surface area (Å²) in [5, 5.41) is 14.1. The third-order valence-electron chi connectivity index (χ3n) is 4.19. The molecular weight excluding hydrogens is 432 g/mol. The van der Waals surface area contributed by atoms with Crippen molar-refractivity contribution in [3.63, 3.8) is 0 Å². The first-order chi connectivity index (χ1) is 14.3. The number of ether oxygens (including phenoxy) is 1. The van der Waals surface area contributed by atoms with E-state index >= 15 is 0 Å². The second-order valence-electron chi connectivity index (χ2n) is 6.03. The highest BCUT2D eigenvalue weighted by Crippen LogP contribution is 2.33. The van der Waals surface area contributed by atoms with Crippen LogP contribution in [0.15, 0.2) is 76.5 Å². The summed E-state index contributed by atoms with van der Waals surface area (Å²) >= 11 is 5.97. The van der Waals surface area contributed by atoms with E-state index in [1.165, 1.54) is 31.4 Å². The second-order valence-corrected chi connectivity index (χ2v) is 8.32. The first kappa shape index (κ1) is 21.3. The van der Waals surface area contributed by atoms with Gasteiger partial charge in [0.2, 0.25) is 9.84 Å². The van der Waals surface area contributed by atoms with Crippen LogP contribution in [0.2, 0.25) is 5.02 Å². The van der Waals surface area contributed by atoms with Crippen LogP contribution in [0.3, 0.4) is 0 Å². The van der Waals surface area contributed by atoms with Crippen molar-refractivity contribution in [3.8, 4) is 5.75 Å². The summed E-state index contributed by atoms with van der Waals surface area (Å²) in [6.45, 7) is 0. The normalized spacial score (nSPS) is 11.0. The Kier molecular flexibility index (Phi) is 6.04. The molecule has 30 heavy (non-hydrogen) atoms. The molecule has 0 radical (unpaired) electrons. The van der Waals surface area contributed by atoms with Gasteiger partial charge in [0, 0.05) is 11.6 Å². The van der Waals surface area contributed by atoms with Crippen LogP contribution in [0.25, 0.3) is 0 Å². The quantitative estimate of drug-likeness (QED) is 0.444. The van der Waals surface area contributed by atoms with Crippen molar-refractivity contribution in [2.45, 2.75) is 9.79 Å². The van der Waals surface area contributed by atoms with Crippen LogP contribution in [0.1, 0.15) is 10.4 Å². The van der Waals surface area contributed by atoms with Gasteiger partial charge in [0.1, 0.15) is 10.6 Å². The molecule has 10 heteroatoms. The summed E-state index contributed by atoms with van der Waals surface area (Å²) in [5.41, 5.74) is -0.464. The fourth-order valence-corrected chi connectivity index (χ4v) is 4.67. The number of nitro groups is 1. The Morgan fingerprint density at radius 2 is 1.70 bits per heavy atom. The zero-order valence-electron chi connectivity index (χ0n) is 15.5. The van der Waals surface area contributed by atoms with Crippen LogP contribution in [-0.4, -0.2) is 26.4 Å². The van der Waals surface area contributed by atoms with E-state index in [9.17, 15) is 23.3 Å². The number of carbonyl (C=O) groups excluding carboxylic acids is 1. The molecule has 0 aliphatic rings. The molecule has 3 aromatic rings. The number of nitrogens with one attached hydrogen (secondary N) is 1. The molecule has 0 saturated heterocycles. The van der Waals surface area contributed by atoms with Gasteiger partial charge in [0.25, 0.3) is 11.6 Å². The lowest BCUT2D eigenvalue weighted by Crippen LogP contribution is -2.14. The topological polar surface area (TPSA) is 116 Å². The highest BCUT2D eigenvalue weighted by molar-refractivity contribution is 7.91. The maximum Gasteiger partial charge on any atom is 0.289 e. The van der Waals surface area contributed by atoms with Gasteiger partial charge < -0.3 is 10.1 Å². The number of benzene rings is 3. The predicted octanol–water partition coefficient (Wildman–Crippen LogP) is 4.34. The molecule has 3 rings (SSSR count). The lowest BCUT2D eigenvalue weighted by molar-refractivity contribution is -0.387. The summed E-state index contributed by atoms with van der Waals surface area (Å²) in [6.07, 6.45) is 0. The van der Waals surface area contributed by atoms with Crippen molar-refractivity contribution < 1.29 is 22.9 Å². The van der Waals surface area contributed by atoms with E-state index in [0.717, 1.165) is 12.1 Å². The number of sulfone groups is 1. The van der Waals surface area contributed by atoms with Crippen LogP contribution in [0.4, 0.5) is 11.4 Å². The van der Waals surface area contributed by atoms with Crippen molar-refractivity contribution in [2.24, 2.45) is 0 Å². The van der Waals surface area contributed by atoms with E-state index in [4.69, 9.17) is 16.3 Å². The standard InChI is InChI=1S/C20H15ClN2O6S/c1-29-17-8-4-3-7-15(17)22-20(24)13-10-11-19(16(12-13)23(25)26)30(27,28)18-9-5-2-6-14(18)21/h2-12H,1H3,(H,22,24). The molecule has 0 fully saturated rings. The average Bonchev–Trinajstić information content (AvgIpc) is 2.73. The van der Waals surface area contributed by atoms with Crippen LogP contribution in [0, 0.1) is 10.1 Å². The maximum atomic E-state index is 12.9. The number of halogens is 1. The number of anilines is 1. The van der Waals surface area contributed by atoms with E-state index in [1.54, 1.807) is 30.3 Å². The third kappa shape index (κ3) is 4.12. The molecular formula is C20H15ClN2O6S. The molecule has 0 unspecified atom stereocenters. The fourth-order valence-electron chi connectivity index (χ4n) is 2.75. The minimum atomic E-state index is -4.28. The lowest BCUT2D eigenvalue weighted by atomic mass is 10.2. The van der Waals surface area contributed by atoms with Crippen molar-refractivity contribution in [1.29, 1.82) is 0 Å². The first-order valence-corrected chi connectivity index (χ1v) is 10.3. The zero-order valence-corrected chi connectivity index (χ0v) is 17.1. The highest BCUT2D eigenvalue weighted by atomic mass is 35.5. The lowest BCUT2D eigenvalue weighted by Gasteiger charge is -2.11. The number of carbonyl (C=O) groups is 1. The first-order valence-electron chi connectivity index (χ1n) is 8.48. The van der Waals surface area contributed by atoms with Crippen molar-refractivity contribution in [2.75, 3.05) is 12.4 Å². The average molecular weight is 447 g/mol. The summed E-state index contributed by atoms with van der Waals surface area (Å²) in [6, 6.07) is 15.4. The molecule has 154 valence electrons. The Balaban J connectivity index is 2.03. The van der Waals surface area contributed by atoms with Gasteiger partial charge in [-0.05, 0) is 36.4 Å². The number of hydrogen-bond acceptors (Lipinski definition) is 6. The van der Waals surface area contributed by atoms with E-state index in [2.05, 4.69) is 5.32 Å². The van der Waals surface area contributed by atoms with Crippen molar-refractivity contribution >= 4 is 38.7 Å². The molecule has 0 aliphatic carbocycles. The third-order valence-corrected chi connectivity index (χ3v) is 6.49. The van der Waals surface area contributed by atoms with Gasteiger partial charge in [-0.1, -0.05) is 35.9 Å². The SMILES string of the molecule is COc1ccccc1NC(=O)c1ccc(S(=O)(=O)c2ccccc2Cl)c([N+](=O)[O-])c1. The highest BCUT2D eigenvalue weighted by Gasteiger charge is 2.30. The van der Waals surface area contributed by atoms with Gasteiger partial charge in [-0.3, -0.25) is 14.9 Å². The Morgan fingerprint density at radius 3 is 2.37 bits per heavy atom. The zero-order chi connectivity index (χ0) is 21.9. The molecule has 0 aliphatic heterocycles. The molecule has 0 saturated carbocycles. The molecule has 0 heterocycles. The van der Waals surface area contributed by atoms with Crippen LogP contribution in [-0.2, 0) is 9.84 Å². The van der Waals surface area contributed by atoms with Gasteiger partial charge >= 0.3 is 0 Å². The van der Waals surface area contributed by atoms with Gasteiger partial charge in [0.15, 0.2) is 0 Å². The van der Waals surface area contributed by atoms with Crippen molar-refractivity contribution in [3.05, 3.63) is 87.4 Å². The minimum absolute atomic E-state index is 0.0650. The summed E-state index contributed by atoms with van der Waals surface area (Å²) in [4.78, 5) is 22.5. The number of methoxy groups -OCH3 is 1. The predicted molar refractivity (Wildman–Crippen MR) is 111 cm³/mol. The Morgan fingerprint density at radius 1 is 1.03 bits per heavy atom. The number of amides is 1. The number of para-hydroxylation sites is 2. The Labute approximate surface area is 177 Å². The monoisotopic (exact) mass is 446 g/mol. The van der Waals surface area contributed by atoms with Gasteiger partial charge in [-0.25, -0.2) is 8.42 Å². The maximum absolute atomic E-state index is 12.9. The molecule has 0 atom stereocenters. The van der Waals surface area contributed by atoms with Crippen molar-refractivity contribution in [1.82, 2.24) is 0 Å². The molecule has 1 N–H and O–H groups in total. The summed E-state index contributed by atoms with van der Waals surface area (Å²) < 4.78 is 31.0. The molecule has 3 aromatic carbocycles. The fraction of sp³-hybridized carbons (Fsp3) is 0.0500. The largest absolute Gasteiger partial charge is 0.495 e. The number of nitro benzene ring substituents is 1. The summed E-state index contributed by atoms with van der Waals surface area (Å²) in [5.74, 6) is -0.262. The Bertz CT molecular complexity index is 1240. The smallest absolute Gasteiger partial charge is 0.289 e. The molecule has 0 spiro atoms. The van der Waals surface area contributed by atoms with Gasteiger partial charge in [-0.2, -0.15) is 0 Å². The summed E-state index contributed by atoms with van der Waals surface area (Å²) in [7, 11) is -2.85. The van der Waals surface area contributed by atoms with Crippen LogP contribution < -0.4 is 10.1 Å². The molecule has 8 nitrogen and oxygen atoms in total. The van der Waals surface area contributed by atoms with E-state index < -0.39 is 31.3 Å². The molecule has 0 aromatic heterocycles. The number of nitrogens with zero attached hydrogens (tertiary/aromatic N) is 1. The van der Waals surface area contributed by atoms with Gasteiger partial charge in [-0.15, -0.1) is 0 Å². The number of hydrogen-bond donors (Lipinski definition) is 1. The van der Waals surface area contributed by atoms with Crippen LogP contribution in [0.5, 0.6) is 5.75 Å². The second kappa shape index (κ2) is 8.52. The van der Waals surface area contributed by atoms with Gasteiger partial charge in [0.05, 0.1) is 27.6 Å². The van der Waals surface area contributed by atoms with Crippen LogP contribution >= 0.6 is 11.6 Å².